The first-order chi connectivity index (χ1) is 8.33. The Balaban J connectivity index is 1.90. The summed E-state index contributed by atoms with van der Waals surface area (Å²) in [5.74, 6) is 1.08. The van der Waals surface area contributed by atoms with E-state index < -0.39 is 0 Å². The number of aromatic nitrogens is 2. The van der Waals surface area contributed by atoms with E-state index in [0.717, 1.165) is 17.7 Å². The topological polar surface area (TPSA) is 17.8 Å². The number of alkyl halides is 1. The van der Waals surface area contributed by atoms with E-state index >= 15 is 0 Å². The highest BCUT2D eigenvalue weighted by molar-refractivity contribution is 9.09. The summed E-state index contributed by atoms with van der Waals surface area (Å²) >= 11 is 3.63. The molecule has 1 fully saturated rings. The predicted molar refractivity (Wildman–Crippen MR) is 73.1 cm³/mol. The molecule has 1 aromatic carbocycles. The molecule has 1 heterocycles. The Morgan fingerprint density at radius 2 is 2.00 bits per heavy atom. The molecule has 2 nitrogen and oxygen atoms in total. The van der Waals surface area contributed by atoms with Crippen LogP contribution in [-0.2, 0) is 6.54 Å². The SMILES string of the molecule is BrCC1(Cn2ccnc2-c2ccccc2)CC1. The van der Waals surface area contributed by atoms with Crippen molar-refractivity contribution in [3.8, 4) is 11.4 Å². The van der Waals surface area contributed by atoms with Gasteiger partial charge in [0.2, 0.25) is 0 Å². The van der Waals surface area contributed by atoms with Crippen LogP contribution in [0.5, 0.6) is 0 Å². The summed E-state index contributed by atoms with van der Waals surface area (Å²) in [6.45, 7) is 1.07. The first-order valence-corrected chi connectivity index (χ1v) is 7.08. The van der Waals surface area contributed by atoms with Gasteiger partial charge in [-0.15, -0.1) is 0 Å². The normalized spacial score (nSPS) is 17.0. The number of rotatable bonds is 4. The smallest absolute Gasteiger partial charge is 0.139 e. The van der Waals surface area contributed by atoms with Crippen LogP contribution in [0.15, 0.2) is 42.7 Å². The van der Waals surface area contributed by atoms with E-state index in [9.17, 15) is 0 Å². The molecule has 0 aliphatic heterocycles. The molecule has 0 amide bonds. The van der Waals surface area contributed by atoms with Crippen molar-refractivity contribution in [3.05, 3.63) is 42.7 Å². The number of nitrogens with zero attached hydrogens (tertiary/aromatic N) is 2. The van der Waals surface area contributed by atoms with Crippen molar-refractivity contribution in [2.24, 2.45) is 5.41 Å². The maximum Gasteiger partial charge on any atom is 0.139 e. The number of halogens is 1. The number of imidazole rings is 1. The predicted octanol–water partition coefficient (Wildman–Crippen LogP) is 3.73. The zero-order valence-electron chi connectivity index (χ0n) is 9.64. The number of hydrogen-bond donors (Lipinski definition) is 0. The van der Waals surface area contributed by atoms with Crippen molar-refractivity contribution >= 4 is 15.9 Å². The first-order valence-electron chi connectivity index (χ1n) is 5.96. The van der Waals surface area contributed by atoms with Crippen LogP contribution >= 0.6 is 15.9 Å². The van der Waals surface area contributed by atoms with Gasteiger partial charge in [-0.2, -0.15) is 0 Å². The Morgan fingerprint density at radius 3 is 2.65 bits per heavy atom. The third-order valence-electron chi connectivity index (χ3n) is 3.49. The van der Waals surface area contributed by atoms with Gasteiger partial charge in [0.05, 0.1) is 0 Å². The molecule has 17 heavy (non-hydrogen) atoms. The van der Waals surface area contributed by atoms with Crippen LogP contribution in [-0.4, -0.2) is 14.9 Å². The van der Waals surface area contributed by atoms with Crippen LogP contribution in [0.1, 0.15) is 12.8 Å². The van der Waals surface area contributed by atoms with Crippen LogP contribution in [0.3, 0.4) is 0 Å². The zero-order valence-corrected chi connectivity index (χ0v) is 11.2. The van der Waals surface area contributed by atoms with Gasteiger partial charge in [0, 0.05) is 29.8 Å². The minimum Gasteiger partial charge on any atom is -0.330 e. The fourth-order valence-corrected chi connectivity index (χ4v) is 2.89. The molecule has 0 bridgehead atoms. The lowest BCUT2D eigenvalue weighted by atomic mass is 10.1. The lowest BCUT2D eigenvalue weighted by molar-refractivity contribution is 0.479. The monoisotopic (exact) mass is 290 g/mol. The van der Waals surface area contributed by atoms with E-state index in [1.54, 1.807) is 0 Å². The molecule has 0 unspecified atom stereocenters. The molecule has 0 radical (unpaired) electrons. The van der Waals surface area contributed by atoms with Gasteiger partial charge in [0.25, 0.3) is 0 Å². The highest BCUT2D eigenvalue weighted by Crippen LogP contribution is 2.48. The van der Waals surface area contributed by atoms with Crippen molar-refractivity contribution < 1.29 is 0 Å². The molecule has 0 N–H and O–H groups in total. The average molecular weight is 291 g/mol. The van der Waals surface area contributed by atoms with Gasteiger partial charge < -0.3 is 4.57 Å². The van der Waals surface area contributed by atoms with Crippen molar-refractivity contribution in [1.82, 2.24) is 9.55 Å². The second-order valence-electron chi connectivity index (χ2n) is 4.88. The third kappa shape index (κ3) is 2.16. The highest BCUT2D eigenvalue weighted by atomic mass is 79.9. The highest BCUT2D eigenvalue weighted by Gasteiger charge is 2.42. The average Bonchev–Trinajstić information content (AvgIpc) is 3.00. The summed E-state index contributed by atoms with van der Waals surface area (Å²) in [6.07, 6.45) is 6.63. The van der Waals surface area contributed by atoms with Gasteiger partial charge >= 0.3 is 0 Å². The van der Waals surface area contributed by atoms with Gasteiger partial charge in [-0.3, -0.25) is 0 Å². The van der Waals surface area contributed by atoms with Gasteiger partial charge in [-0.25, -0.2) is 4.98 Å². The van der Waals surface area contributed by atoms with Gasteiger partial charge in [0.1, 0.15) is 5.82 Å². The minimum absolute atomic E-state index is 0.476. The fraction of sp³-hybridized carbons (Fsp3) is 0.357. The molecule has 1 aromatic heterocycles. The van der Waals surface area contributed by atoms with Crippen LogP contribution < -0.4 is 0 Å². The largest absolute Gasteiger partial charge is 0.330 e. The maximum absolute atomic E-state index is 4.48. The molecule has 3 heteroatoms. The van der Waals surface area contributed by atoms with E-state index in [1.807, 2.05) is 12.3 Å². The third-order valence-corrected chi connectivity index (χ3v) is 4.68. The molecule has 88 valence electrons. The van der Waals surface area contributed by atoms with E-state index in [4.69, 9.17) is 0 Å². The Hall–Kier alpha value is -1.09. The second-order valence-corrected chi connectivity index (χ2v) is 5.44. The molecular weight excluding hydrogens is 276 g/mol. The molecule has 1 saturated carbocycles. The molecule has 1 aliphatic carbocycles. The van der Waals surface area contributed by atoms with E-state index in [0.29, 0.717) is 5.41 Å². The van der Waals surface area contributed by atoms with E-state index in [1.165, 1.54) is 18.4 Å². The van der Waals surface area contributed by atoms with Crippen molar-refractivity contribution in [2.45, 2.75) is 19.4 Å². The Bertz CT molecular complexity index is 500. The second kappa shape index (κ2) is 4.30. The zero-order chi connectivity index (χ0) is 11.7. The Labute approximate surface area is 110 Å². The van der Waals surface area contributed by atoms with Crippen molar-refractivity contribution in [3.63, 3.8) is 0 Å². The van der Waals surface area contributed by atoms with Crippen molar-refractivity contribution in [1.29, 1.82) is 0 Å². The summed E-state index contributed by atoms with van der Waals surface area (Å²) in [6, 6.07) is 10.4. The first kappa shape index (κ1) is 11.0. The molecule has 0 atom stereocenters. The lowest BCUT2D eigenvalue weighted by Crippen LogP contribution is -2.13. The van der Waals surface area contributed by atoms with E-state index in [2.05, 4.69) is 55.9 Å². The number of benzene rings is 1. The molecular formula is C14H15BrN2. The molecule has 2 aromatic rings. The summed E-state index contributed by atoms with van der Waals surface area (Å²) in [4.78, 5) is 4.48. The fourth-order valence-electron chi connectivity index (χ4n) is 2.16. The van der Waals surface area contributed by atoms with E-state index in [-0.39, 0.29) is 0 Å². The van der Waals surface area contributed by atoms with Crippen LogP contribution in [0.2, 0.25) is 0 Å². The minimum atomic E-state index is 0.476. The summed E-state index contributed by atoms with van der Waals surface area (Å²) in [5, 5.41) is 1.09. The van der Waals surface area contributed by atoms with Gasteiger partial charge in [-0.05, 0) is 18.3 Å². The Kier molecular flexibility index (Phi) is 2.79. The van der Waals surface area contributed by atoms with Crippen LogP contribution in [0.25, 0.3) is 11.4 Å². The summed E-state index contributed by atoms with van der Waals surface area (Å²) < 4.78 is 2.28. The number of hydrogen-bond acceptors (Lipinski definition) is 1. The summed E-state index contributed by atoms with van der Waals surface area (Å²) in [5.41, 5.74) is 1.67. The molecule has 0 saturated heterocycles. The Morgan fingerprint density at radius 1 is 1.24 bits per heavy atom. The quantitative estimate of drug-likeness (QED) is 0.785. The van der Waals surface area contributed by atoms with Crippen LogP contribution in [0.4, 0.5) is 0 Å². The van der Waals surface area contributed by atoms with Gasteiger partial charge in [0.15, 0.2) is 0 Å². The van der Waals surface area contributed by atoms with Crippen LogP contribution in [0, 0.1) is 5.41 Å². The molecule has 1 aliphatic rings. The molecule has 0 spiro atoms. The standard InChI is InChI=1S/C14H15BrN2/c15-10-14(6-7-14)11-17-9-8-16-13(17)12-4-2-1-3-5-12/h1-5,8-9H,6-7,10-11H2. The summed E-state index contributed by atoms with van der Waals surface area (Å²) in [7, 11) is 0. The lowest BCUT2D eigenvalue weighted by Gasteiger charge is -2.14. The maximum atomic E-state index is 4.48. The molecule has 3 rings (SSSR count). The van der Waals surface area contributed by atoms with Crippen molar-refractivity contribution in [2.75, 3.05) is 5.33 Å². The van der Waals surface area contributed by atoms with Gasteiger partial charge in [-0.1, -0.05) is 46.3 Å².